The van der Waals surface area contributed by atoms with Crippen molar-refractivity contribution in [3.63, 3.8) is 0 Å². The molecule has 0 saturated heterocycles. The average Bonchev–Trinajstić information content (AvgIpc) is 2.44. The van der Waals surface area contributed by atoms with Crippen LogP contribution < -0.4 is 11.1 Å². The van der Waals surface area contributed by atoms with Crippen LogP contribution in [-0.2, 0) is 12.6 Å². The molecule has 0 bridgehead atoms. The Morgan fingerprint density at radius 1 is 1.09 bits per heavy atom. The second-order valence-corrected chi connectivity index (χ2v) is 4.74. The largest absolute Gasteiger partial charge is 0.416 e. The molecule has 0 aliphatic heterocycles. The molecule has 0 atom stereocenters. The van der Waals surface area contributed by atoms with Gasteiger partial charge in [0.25, 0.3) is 0 Å². The molecule has 0 aliphatic rings. The van der Waals surface area contributed by atoms with Crippen molar-refractivity contribution in [1.82, 2.24) is 15.0 Å². The first-order valence-electron chi connectivity index (χ1n) is 6.83. The Morgan fingerprint density at radius 3 is 2.36 bits per heavy atom. The molecule has 2 rings (SSSR count). The topological polar surface area (TPSA) is 76.7 Å². The fourth-order valence-corrected chi connectivity index (χ4v) is 1.81. The summed E-state index contributed by atoms with van der Waals surface area (Å²) in [6.45, 7) is 2.05. The molecule has 1 aromatic heterocycles. The highest BCUT2D eigenvalue weighted by Gasteiger charge is 2.29. The predicted molar refractivity (Wildman–Crippen MR) is 77.6 cm³/mol. The normalized spacial score (nSPS) is 11.5. The number of aromatic nitrogens is 3. The Kier molecular flexibility index (Phi) is 4.79. The summed E-state index contributed by atoms with van der Waals surface area (Å²) in [5.41, 5.74) is 5.35. The molecule has 0 fully saturated rings. The van der Waals surface area contributed by atoms with Gasteiger partial charge < -0.3 is 11.1 Å². The maximum absolute atomic E-state index is 12.5. The molecule has 8 heteroatoms. The van der Waals surface area contributed by atoms with Gasteiger partial charge in [0.15, 0.2) is 0 Å². The third-order valence-corrected chi connectivity index (χ3v) is 2.92. The molecule has 0 spiro atoms. The summed E-state index contributed by atoms with van der Waals surface area (Å²) < 4.78 is 37.5. The zero-order chi connectivity index (χ0) is 16.2. The SMILES string of the molecule is CCCCc1nc(N)nc(Nc2ccc(C(F)(F)F)cc2)n1. The minimum Gasteiger partial charge on any atom is -0.368 e. The molecule has 3 N–H and O–H groups in total. The Hall–Kier alpha value is -2.38. The van der Waals surface area contributed by atoms with E-state index in [1.807, 2.05) is 6.92 Å². The predicted octanol–water partition coefficient (Wildman–Crippen LogP) is 3.56. The fraction of sp³-hybridized carbons (Fsp3) is 0.357. The maximum atomic E-state index is 12.5. The fourth-order valence-electron chi connectivity index (χ4n) is 1.81. The lowest BCUT2D eigenvalue weighted by molar-refractivity contribution is -0.137. The highest BCUT2D eigenvalue weighted by atomic mass is 19.4. The molecule has 0 saturated carbocycles. The maximum Gasteiger partial charge on any atom is 0.416 e. The Balaban J connectivity index is 2.14. The van der Waals surface area contributed by atoms with Gasteiger partial charge in [0.05, 0.1) is 5.56 Å². The number of anilines is 3. The molecule has 1 heterocycles. The number of rotatable bonds is 5. The third kappa shape index (κ3) is 4.31. The number of halogens is 3. The number of hydrogen-bond acceptors (Lipinski definition) is 5. The quantitative estimate of drug-likeness (QED) is 0.883. The molecular weight excluding hydrogens is 295 g/mol. The lowest BCUT2D eigenvalue weighted by Crippen LogP contribution is -2.08. The van der Waals surface area contributed by atoms with E-state index < -0.39 is 11.7 Å². The van der Waals surface area contributed by atoms with Crippen molar-refractivity contribution in [2.45, 2.75) is 32.4 Å². The van der Waals surface area contributed by atoms with Crippen molar-refractivity contribution in [2.24, 2.45) is 0 Å². The van der Waals surface area contributed by atoms with E-state index in [0.717, 1.165) is 25.0 Å². The lowest BCUT2D eigenvalue weighted by Gasteiger charge is -2.09. The van der Waals surface area contributed by atoms with Crippen molar-refractivity contribution in [3.05, 3.63) is 35.7 Å². The van der Waals surface area contributed by atoms with Crippen LogP contribution in [0.4, 0.5) is 30.8 Å². The number of unbranched alkanes of at least 4 members (excludes halogenated alkanes) is 1. The van der Waals surface area contributed by atoms with Crippen molar-refractivity contribution in [2.75, 3.05) is 11.1 Å². The van der Waals surface area contributed by atoms with Crippen LogP contribution in [0.15, 0.2) is 24.3 Å². The standard InChI is InChI=1S/C14H16F3N5/c1-2-3-4-11-20-12(18)22-13(21-11)19-10-7-5-9(6-8-10)14(15,16)17/h5-8H,2-4H2,1H3,(H3,18,19,20,21,22). The van der Waals surface area contributed by atoms with Crippen LogP contribution in [0.3, 0.4) is 0 Å². The van der Waals surface area contributed by atoms with E-state index in [0.29, 0.717) is 17.9 Å². The zero-order valence-corrected chi connectivity index (χ0v) is 12.0. The average molecular weight is 311 g/mol. The van der Waals surface area contributed by atoms with Gasteiger partial charge in [-0.15, -0.1) is 0 Å². The smallest absolute Gasteiger partial charge is 0.368 e. The van der Waals surface area contributed by atoms with Crippen LogP contribution in [-0.4, -0.2) is 15.0 Å². The number of hydrogen-bond donors (Lipinski definition) is 2. The van der Waals surface area contributed by atoms with Gasteiger partial charge in [0, 0.05) is 12.1 Å². The van der Waals surface area contributed by atoms with Crippen LogP contribution in [0, 0.1) is 0 Å². The van der Waals surface area contributed by atoms with E-state index in [9.17, 15) is 13.2 Å². The van der Waals surface area contributed by atoms with E-state index >= 15 is 0 Å². The molecule has 0 aliphatic carbocycles. The summed E-state index contributed by atoms with van der Waals surface area (Å²) in [6.07, 6.45) is -1.77. The van der Waals surface area contributed by atoms with Gasteiger partial charge in [-0.25, -0.2) is 0 Å². The number of nitrogen functional groups attached to an aromatic ring is 1. The molecule has 22 heavy (non-hydrogen) atoms. The van der Waals surface area contributed by atoms with Gasteiger partial charge in [-0.1, -0.05) is 13.3 Å². The van der Waals surface area contributed by atoms with E-state index in [1.165, 1.54) is 12.1 Å². The number of alkyl halides is 3. The zero-order valence-electron chi connectivity index (χ0n) is 12.0. The summed E-state index contributed by atoms with van der Waals surface area (Å²) in [5, 5.41) is 2.83. The van der Waals surface area contributed by atoms with Crippen LogP contribution >= 0.6 is 0 Å². The minimum absolute atomic E-state index is 0.0792. The first-order chi connectivity index (χ1) is 10.4. The van der Waals surface area contributed by atoms with E-state index in [1.54, 1.807) is 0 Å². The summed E-state index contributed by atoms with van der Waals surface area (Å²) in [7, 11) is 0. The van der Waals surface area contributed by atoms with Gasteiger partial charge in [0.1, 0.15) is 5.82 Å². The molecule has 0 radical (unpaired) electrons. The molecule has 118 valence electrons. The van der Waals surface area contributed by atoms with Crippen molar-refractivity contribution < 1.29 is 13.2 Å². The van der Waals surface area contributed by atoms with Gasteiger partial charge in [0.2, 0.25) is 11.9 Å². The molecule has 5 nitrogen and oxygen atoms in total. The van der Waals surface area contributed by atoms with Crippen LogP contribution in [0.1, 0.15) is 31.2 Å². The number of nitrogens with two attached hydrogens (primary N) is 1. The summed E-state index contributed by atoms with van der Waals surface area (Å²) in [4.78, 5) is 12.2. The molecule has 0 unspecified atom stereocenters. The third-order valence-electron chi connectivity index (χ3n) is 2.92. The van der Waals surface area contributed by atoms with Gasteiger partial charge in [-0.3, -0.25) is 0 Å². The second kappa shape index (κ2) is 6.59. The highest BCUT2D eigenvalue weighted by Crippen LogP contribution is 2.30. The Labute approximate surface area is 125 Å². The minimum atomic E-state index is -4.36. The van der Waals surface area contributed by atoms with E-state index in [-0.39, 0.29) is 11.9 Å². The second-order valence-electron chi connectivity index (χ2n) is 4.74. The molecule has 0 amide bonds. The monoisotopic (exact) mass is 311 g/mol. The summed E-state index contributed by atoms with van der Waals surface area (Å²) in [6, 6.07) is 4.61. The van der Waals surface area contributed by atoms with Crippen molar-refractivity contribution in [1.29, 1.82) is 0 Å². The number of benzene rings is 1. The highest BCUT2D eigenvalue weighted by molar-refractivity contribution is 5.54. The summed E-state index contributed by atoms with van der Waals surface area (Å²) >= 11 is 0. The van der Waals surface area contributed by atoms with Crippen LogP contribution in [0.25, 0.3) is 0 Å². The van der Waals surface area contributed by atoms with Crippen LogP contribution in [0.2, 0.25) is 0 Å². The van der Waals surface area contributed by atoms with Gasteiger partial charge in [-0.05, 0) is 30.7 Å². The number of nitrogens with zero attached hydrogens (tertiary/aromatic N) is 3. The number of nitrogens with one attached hydrogen (secondary N) is 1. The van der Waals surface area contributed by atoms with Gasteiger partial charge in [-0.2, -0.15) is 28.1 Å². The Bertz CT molecular complexity index is 625. The van der Waals surface area contributed by atoms with Crippen LogP contribution in [0.5, 0.6) is 0 Å². The number of aryl methyl sites for hydroxylation is 1. The molecule has 1 aromatic carbocycles. The van der Waals surface area contributed by atoms with Crippen molar-refractivity contribution in [3.8, 4) is 0 Å². The van der Waals surface area contributed by atoms with Crippen molar-refractivity contribution >= 4 is 17.6 Å². The summed E-state index contributed by atoms with van der Waals surface area (Å²) in [5.74, 6) is 0.859. The first kappa shape index (κ1) is 16.0. The van der Waals surface area contributed by atoms with E-state index in [4.69, 9.17) is 5.73 Å². The van der Waals surface area contributed by atoms with E-state index in [2.05, 4.69) is 20.3 Å². The van der Waals surface area contributed by atoms with Gasteiger partial charge >= 0.3 is 6.18 Å². The Morgan fingerprint density at radius 2 is 1.77 bits per heavy atom. The first-order valence-corrected chi connectivity index (χ1v) is 6.83. The molecule has 2 aromatic rings. The lowest BCUT2D eigenvalue weighted by atomic mass is 10.2. The molecular formula is C14H16F3N5.